The monoisotopic (exact) mass is 288 g/mol. The smallest absolute Gasteiger partial charge is 0.0569 e. The molecule has 2 saturated heterocycles. The first kappa shape index (κ1) is 14.8. The van der Waals surface area contributed by atoms with Crippen LogP contribution >= 0.6 is 0 Å². The van der Waals surface area contributed by atoms with Crippen molar-refractivity contribution in [1.29, 1.82) is 0 Å². The zero-order valence-corrected chi connectivity index (χ0v) is 13.2. The van der Waals surface area contributed by atoms with Crippen LogP contribution in [-0.2, 0) is 0 Å². The molecule has 0 bridgehead atoms. The van der Waals surface area contributed by atoms with Gasteiger partial charge in [-0.1, -0.05) is 0 Å². The van der Waals surface area contributed by atoms with Crippen LogP contribution in [0, 0.1) is 5.92 Å². The van der Waals surface area contributed by atoms with E-state index in [1.54, 1.807) is 0 Å². The van der Waals surface area contributed by atoms with E-state index in [2.05, 4.69) is 26.9 Å². The van der Waals surface area contributed by atoms with E-state index in [1.165, 1.54) is 51.0 Å². The maximum absolute atomic E-state index is 5.86. The molecule has 0 aliphatic carbocycles. The topological polar surface area (TPSA) is 45.4 Å². The summed E-state index contributed by atoms with van der Waals surface area (Å²) in [6, 6.07) is 4.26. The summed E-state index contributed by atoms with van der Waals surface area (Å²) in [5.41, 5.74) is 8.08. The highest BCUT2D eigenvalue weighted by atomic mass is 15.2. The van der Waals surface area contributed by atoms with Gasteiger partial charge in [0.15, 0.2) is 0 Å². The van der Waals surface area contributed by atoms with Crippen molar-refractivity contribution in [2.45, 2.75) is 38.6 Å². The van der Waals surface area contributed by atoms with Gasteiger partial charge in [-0.15, -0.1) is 0 Å². The molecule has 0 spiro atoms. The molecule has 0 aromatic carbocycles. The van der Waals surface area contributed by atoms with Crippen LogP contribution in [-0.4, -0.2) is 42.6 Å². The number of hydrogen-bond donors (Lipinski definition) is 1. The van der Waals surface area contributed by atoms with Crippen molar-refractivity contribution < 1.29 is 0 Å². The van der Waals surface area contributed by atoms with Gasteiger partial charge in [0.25, 0.3) is 0 Å². The van der Waals surface area contributed by atoms with Crippen LogP contribution in [0.5, 0.6) is 0 Å². The fraction of sp³-hybridized carbons (Fsp3) is 0.706. The number of likely N-dealkylation sites (tertiary alicyclic amines) is 1. The maximum Gasteiger partial charge on any atom is 0.0569 e. The molecule has 3 heterocycles. The van der Waals surface area contributed by atoms with E-state index in [0.29, 0.717) is 0 Å². The van der Waals surface area contributed by atoms with E-state index in [9.17, 15) is 0 Å². The number of pyridine rings is 1. The predicted octanol–water partition coefficient (Wildman–Crippen LogP) is 2.41. The molecule has 0 amide bonds. The number of piperidine rings is 1. The molecule has 1 aromatic rings. The van der Waals surface area contributed by atoms with Crippen molar-refractivity contribution in [2.24, 2.45) is 11.7 Å². The maximum atomic E-state index is 5.86. The molecule has 4 nitrogen and oxygen atoms in total. The van der Waals surface area contributed by atoms with Gasteiger partial charge in [0.05, 0.1) is 17.6 Å². The second-order valence-corrected chi connectivity index (χ2v) is 6.67. The summed E-state index contributed by atoms with van der Waals surface area (Å²) in [4.78, 5) is 9.60. The fourth-order valence-electron chi connectivity index (χ4n) is 3.56. The van der Waals surface area contributed by atoms with Gasteiger partial charge in [0.1, 0.15) is 0 Å². The lowest BCUT2D eigenvalue weighted by Gasteiger charge is -2.35. The van der Waals surface area contributed by atoms with Gasteiger partial charge in [-0.3, -0.25) is 4.98 Å². The molecule has 2 aliphatic rings. The van der Waals surface area contributed by atoms with Gasteiger partial charge in [0, 0.05) is 25.7 Å². The van der Waals surface area contributed by atoms with Gasteiger partial charge in [-0.2, -0.15) is 0 Å². The number of anilines is 1. The summed E-state index contributed by atoms with van der Waals surface area (Å²) in [5, 5.41) is 0. The van der Waals surface area contributed by atoms with Crippen LogP contribution in [0.25, 0.3) is 0 Å². The van der Waals surface area contributed by atoms with Crippen molar-refractivity contribution in [3.8, 4) is 0 Å². The molecule has 3 rings (SSSR count). The Labute approximate surface area is 128 Å². The second-order valence-electron chi connectivity index (χ2n) is 6.67. The van der Waals surface area contributed by atoms with Crippen molar-refractivity contribution in [1.82, 2.24) is 9.88 Å². The first-order chi connectivity index (χ1) is 10.2. The predicted molar refractivity (Wildman–Crippen MR) is 87.5 cm³/mol. The summed E-state index contributed by atoms with van der Waals surface area (Å²) in [5.74, 6) is 0.885. The second kappa shape index (κ2) is 6.75. The summed E-state index contributed by atoms with van der Waals surface area (Å²) in [6.07, 6.45) is 7.41. The van der Waals surface area contributed by atoms with Crippen LogP contribution in [0.3, 0.4) is 0 Å². The van der Waals surface area contributed by atoms with Crippen molar-refractivity contribution in [3.63, 3.8) is 0 Å². The lowest BCUT2D eigenvalue weighted by Crippen LogP contribution is -2.38. The third-order valence-corrected chi connectivity index (χ3v) is 4.93. The van der Waals surface area contributed by atoms with Gasteiger partial charge in [-0.25, -0.2) is 0 Å². The minimum absolute atomic E-state index is 0.0187. The highest BCUT2D eigenvalue weighted by molar-refractivity contribution is 5.45. The average Bonchev–Trinajstić information content (AvgIpc) is 3.01. The van der Waals surface area contributed by atoms with Crippen molar-refractivity contribution in [3.05, 3.63) is 24.0 Å². The Bertz CT molecular complexity index is 429. The first-order valence-electron chi connectivity index (χ1n) is 8.41. The molecule has 21 heavy (non-hydrogen) atoms. The number of nitrogens with zero attached hydrogens (tertiary/aromatic N) is 3. The van der Waals surface area contributed by atoms with Crippen LogP contribution in [0.1, 0.15) is 44.3 Å². The molecule has 116 valence electrons. The molecule has 0 radical (unpaired) electrons. The minimum Gasteiger partial charge on any atom is -0.370 e. The van der Waals surface area contributed by atoms with Gasteiger partial charge < -0.3 is 15.5 Å². The van der Waals surface area contributed by atoms with E-state index in [-0.39, 0.29) is 6.04 Å². The Balaban J connectivity index is 1.50. The molecule has 1 aromatic heterocycles. The molecule has 4 heteroatoms. The van der Waals surface area contributed by atoms with E-state index in [1.807, 2.05) is 13.1 Å². The van der Waals surface area contributed by atoms with Crippen molar-refractivity contribution in [2.75, 3.05) is 37.6 Å². The summed E-state index contributed by atoms with van der Waals surface area (Å²) in [7, 11) is 0. The van der Waals surface area contributed by atoms with E-state index in [4.69, 9.17) is 5.73 Å². The van der Waals surface area contributed by atoms with E-state index >= 15 is 0 Å². The molecule has 0 unspecified atom stereocenters. The summed E-state index contributed by atoms with van der Waals surface area (Å²) in [6.45, 7) is 8.27. The zero-order valence-electron chi connectivity index (χ0n) is 13.2. The normalized spacial score (nSPS) is 22.7. The number of nitrogens with two attached hydrogens (primary N) is 1. The molecular weight excluding hydrogens is 260 g/mol. The van der Waals surface area contributed by atoms with Gasteiger partial charge >= 0.3 is 0 Å². The third-order valence-electron chi connectivity index (χ3n) is 4.93. The zero-order chi connectivity index (χ0) is 14.7. The molecule has 1 atom stereocenters. The Morgan fingerprint density at radius 2 is 1.90 bits per heavy atom. The third kappa shape index (κ3) is 3.74. The number of aromatic nitrogens is 1. The highest BCUT2D eigenvalue weighted by Crippen LogP contribution is 2.25. The summed E-state index contributed by atoms with van der Waals surface area (Å²) < 4.78 is 0. The van der Waals surface area contributed by atoms with Crippen LogP contribution < -0.4 is 10.6 Å². The SMILES string of the molecule is C[C@@H](N)c1ccc(N2CCC(CN3CCCC3)CC2)cn1. The quantitative estimate of drug-likeness (QED) is 0.924. The van der Waals surface area contributed by atoms with E-state index in [0.717, 1.165) is 24.7 Å². The largest absolute Gasteiger partial charge is 0.370 e. The van der Waals surface area contributed by atoms with E-state index < -0.39 is 0 Å². The summed E-state index contributed by atoms with van der Waals surface area (Å²) >= 11 is 0. The Morgan fingerprint density at radius 3 is 2.48 bits per heavy atom. The highest BCUT2D eigenvalue weighted by Gasteiger charge is 2.23. The minimum atomic E-state index is 0.0187. The van der Waals surface area contributed by atoms with Gasteiger partial charge in [0.2, 0.25) is 0 Å². The Morgan fingerprint density at radius 1 is 1.19 bits per heavy atom. The Kier molecular flexibility index (Phi) is 4.76. The van der Waals surface area contributed by atoms with Crippen LogP contribution in [0.4, 0.5) is 5.69 Å². The number of hydrogen-bond acceptors (Lipinski definition) is 4. The molecular formula is C17H28N4. The average molecular weight is 288 g/mol. The lowest BCUT2D eigenvalue weighted by molar-refractivity contribution is 0.249. The van der Waals surface area contributed by atoms with Crippen LogP contribution in [0.15, 0.2) is 18.3 Å². The number of rotatable bonds is 4. The first-order valence-corrected chi connectivity index (χ1v) is 8.41. The van der Waals surface area contributed by atoms with Crippen molar-refractivity contribution >= 4 is 5.69 Å². The molecule has 2 aliphatic heterocycles. The van der Waals surface area contributed by atoms with Gasteiger partial charge in [-0.05, 0) is 63.7 Å². The Hall–Kier alpha value is -1.13. The molecule has 2 N–H and O–H groups in total. The fourth-order valence-corrected chi connectivity index (χ4v) is 3.56. The standard InChI is InChI=1S/C17H28N4/c1-14(18)17-5-4-16(12-19-17)21-10-6-15(7-11-21)13-20-8-2-3-9-20/h4-5,12,14-15H,2-3,6-11,13,18H2,1H3/t14-/m1/s1. The van der Waals surface area contributed by atoms with Crippen LogP contribution in [0.2, 0.25) is 0 Å². The molecule has 0 saturated carbocycles. The molecule has 2 fully saturated rings. The lowest BCUT2D eigenvalue weighted by atomic mass is 9.96.